The number of aromatic nitrogens is 1. The number of hydrogen-bond donors (Lipinski definition) is 2. The number of thiazole rings is 1. The lowest BCUT2D eigenvalue weighted by Crippen LogP contribution is -2.28. The molecule has 152 valence electrons. The molecular weight excluding hydrogens is 402 g/mol. The molecule has 0 bridgehead atoms. The predicted molar refractivity (Wildman–Crippen MR) is 107 cm³/mol. The van der Waals surface area contributed by atoms with Crippen molar-refractivity contribution in [3.8, 4) is 0 Å². The van der Waals surface area contributed by atoms with E-state index in [1.807, 2.05) is 13.8 Å². The Morgan fingerprint density at radius 1 is 1.21 bits per heavy atom. The molecule has 0 aliphatic carbocycles. The van der Waals surface area contributed by atoms with E-state index >= 15 is 0 Å². The maximum absolute atomic E-state index is 12.3. The van der Waals surface area contributed by atoms with Crippen LogP contribution in [0.1, 0.15) is 30.2 Å². The van der Waals surface area contributed by atoms with Gasteiger partial charge in [-0.15, -0.1) is 11.3 Å². The minimum Gasteiger partial charge on any atom is -0.466 e. The summed E-state index contributed by atoms with van der Waals surface area (Å²) in [5.41, 5.74) is 2.39. The number of amides is 1. The lowest BCUT2D eigenvalue weighted by Gasteiger charge is -2.08. The van der Waals surface area contributed by atoms with Gasteiger partial charge < -0.3 is 10.1 Å². The highest BCUT2D eigenvalue weighted by atomic mass is 32.2. The Hall–Kier alpha value is -2.30. The quantitative estimate of drug-likeness (QED) is 0.595. The molecule has 2 aromatic rings. The zero-order valence-electron chi connectivity index (χ0n) is 15.9. The summed E-state index contributed by atoms with van der Waals surface area (Å²) in [6, 6.07) is 4.87. The first-order valence-corrected chi connectivity index (χ1v) is 11.0. The second kappa shape index (κ2) is 9.76. The molecule has 1 aromatic carbocycles. The Balaban J connectivity index is 1.83. The molecule has 1 heterocycles. The smallest absolute Gasteiger partial charge is 0.311 e. The van der Waals surface area contributed by atoms with E-state index in [9.17, 15) is 18.0 Å². The number of carbonyl (C=O) groups excluding carboxylic acids is 2. The predicted octanol–water partition coefficient (Wildman–Crippen LogP) is 2.17. The molecule has 0 saturated carbocycles. The van der Waals surface area contributed by atoms with Gasteiger partial charge in [0.15, 0.2) is 5.13 Å². The Morgan fingerprint density at radius 3 is 2.64 bits per heavy atom. The van der Waals surface area contributed by atoms with Crippen LogP contribution in [0.5, 0.6) is 0 Å². The Bertz CT molecular complexity index is 954. The SMILES string of the molecule is CCOC(=O)Cc1csc(NC(=O)CCNS(=O)(=O)c2ccc(C)c(C)c2)n1. The Labute approximate surface area is 168 Å². The zero-order chi connectivity index (χ0) is 20.7. The summed E-state index contributed by atoms with van der Waals surface area (Å²) < 4.78 is 31.9. The molecule has 8 nitrogen and oxygen atoms in total. The van der Waals surface area contributed by atoms with Crippen LogP contribution in [0.25, 0.3) is 0 Å². The number of sulfonamides is 1. The topological polar surface area (TPSA) is 114 Å². The van der Waals surface area contributed by atoms with E-state index in [0.717, 1.165) is 11.1 Å². The fraction of sp³-hybridized carbons (Fsp3) is 0.389. The molecule has 28 heavy (non-hydrogen) atoms. The lowest BCUT2D eigenvalue weighted by molar-refractivity contribution is -0.142. The van der Waals surface area contributed by atoms with Gasteiger partial charge in [-0.05, 0) is 44.0 Å². The van der Waals surface area contributed by atoms with E-state index in [1.165, 1.54) is 17.4 Å². The van der Waals surface area contributed by atoms with Crippen LogP contribution < -0.4 is 10.0 Å². The number of benzene rings is 1. The van der Waals surface area contributed by atoms with Crippen molar-refractivity contribution < 1.29 is 22.7 Å². The monoisotopic (exact) mass is 425 g/mol. The molecule has 0 aliphatic rings. The summed E-state index contributed by atoms with van der Waals surface area (Å²) in [6.07, 6.45) is -0.00710. The Morgan fingerprint density at radius 2 is 1.96 bits per heavy atom. The minimum absolute atomic E-state index is 0.0377. The summed E-state index contributed by atoms with van der Waals surface area (Å²) in [5.74, 6) is -0.758. The molecule has 1 amide bonds. The first-order valence-electron chi connectivity index (χ1n) is 8.68. The summed E-state index contributed by atoms with van der Waals surface area (Å²) in [4.78, 5) is 27.7. The average molecular weight is 426 g/mol. The van der Waals surface area contributed by atoms with E-state index in [0.29, 0.717) is 17.4 Å². The molecule has 0 unspecified atom stereocenters. The van der Waals surface area contributed by atoms with Gasteiger partial charge >= 0.3 is 5.97 Å². The number of rotatable bonds is 9. The number of hydrogen-bond acceptors (Lipinski definition) is 7. The van der Waals surface area contributed by atoms with Crippen LogP contribution in [-0.4, -0.2) is 38.4 Å². The van der Waals surface area contributed by atoms with E-state index in [1.54, 1.807) is 24.4 Å². The van der Waals surface area contributed by atoms with Gasteiger partial charge in [-0.2, -0.15) is 0 Å². The van der Waals surface area contributed by atoms with Crippen LogP contribution in [0.4, 0.5) is 5.13 Å². The molecule has 0 saturated heterocycles. The van der Waals surface area contributed by atoms with Crippen LogP contribution >= 0.6 is 11.3 Å². The average Bonchev–Trinajstić information content (AvgIpc) is 3.03. The molecule has 10 heteroatoms. The van der Waals surface area contributed by atoms with Crippen molar-refractivity contribution in [2.45, 2.75) is 38.5 Å². The fourth-order valence-corrected chi connectivity index (χ4v) is 4.09. The number of ether oxygens (including phenoxy) is 1. The van der Waals surface area contributed by atoms with E-state index in [2.05, 4.69) is 15.0 Å². The zero-order valence-corrected chi connectivity index (χ0v) is 17.6. The summed E-state index contributed by atoms with van der Waals surface area (Å²) in [5, 5.41) is 4.60. The molecule has 2 rings (SSSR count). The highest BCUT2D eigenvalue weighted by Gasteiger charge is 2.15. The van der Waals surface area contributed by atoms with E-state index < -0.39 is 10.0 Å². The van der Waals surface area contributed by atoms with Crippen LogP contribution in [-0.2, 0) is 30.8 Å². The molecule has 0 radical (unpaired) electrons. The first kappa shape index (κ1) is 22.0. The van der Waals surface area contributed by atoms with E-state index in [4.69, 9.17) is 4.74 Å². The van der Waals surface area contributed by atoms with Crippen molar-refractivity contribution in [2.24, 2.45) is 0 Å². The van der Waals surface area contributed by atoms with Crippen molar-refractivity contribution in [3.63, 3.8) is 0 Å². The number of anilines is 1. The molecule has 0 fully saturated rings. The van der Waals surface area contributed by atoms with Crippen LogP contribution in [0.3, 0.4) is 0 Å². The molecule has 2 N–H and O–H groups in total. The van der Waals surface area contributed by atoms with Gasteiger partial charge in [0, 0.05) is 18.3 Å². The van der Waals surface area contributed by atoms with E-state index in [-0.39, 0.29) is 36.2 Å². The van der Waals surface area contributed by atoms with Crippen molar-refractivity contribution in [1.82, 2.24) is 9.71 Å². The maximum atomic E-state index is 12.3. The third-order valence-corrected chi connectivity index (χ3v) is 6.13. The first-order chi connectivity index (χ1) is 13.2. The van der Waals surface area contributed by atoms with Gasteiger partial charge in [-0.25, -0.2) is 18.1 Å². The van der Waals surface area contributed by atoms with Crippen molar-refractivity contribution in [2.75, 3.05) is 18.5 Å². The number of esters is 1. The molecule has 0 spiro atoms. The van der Waals surface area contributed by atoms with Gasteiger partial charge in [0.25, 0.3) is 0 Å². The summed E-state index contributed by atoms with van der Waals surface area (Å²) in [7, 11) is -3.68. The van der Waals surface area contributed by atoms with Gasteiger partial charge in [0.2, 0.25) is 15.9 Å². The number of nitrogens with one attached hydrogen (secondary N) is 2. The van der Waals surface area contributed by atoms with Crippen LogP contribution in [0.2, 0.25) is 0 Å². The van der Waals surface area contributed by atoms with Crippen LogP contribution in [0.15, 0.2) is 28.5 Å². The molecule has 0 atom stereocenters. The lowest BCUT2D eigenvalue weighted by atomic mass is 10.1. The largest absolute Gasteiger partial charge is 0.466 e. The summed E-state index contributed by atoms with van der Waals surface area (Å²) >= 11 is 1.19. The normalized spacial score (nSPS) is 11.2. The standard InChI is InChI=1S/C18H23N3O5S2/c1-4-26-17(23)10-14-11-27-18(20-14)21-16(22)7-8-19-28(24,25)15-6-5-12(2)13(3)9-15/h5-6,9,11,19H,4,7-8,10H2,1-3H3,(H,20,21,22). The highest BCUT2D eigenvalue weighted by Crippen LogP contribution is 2.17. The number of nitrogens with zero attached hydrogens (tertiary/aromatic N) is 1. The Kier molecular flexibility index (Phi) is 7.67. The highest BCUT2D eigenvalue weighted by molar-refractivity contribution is 7.89. The molecule has 0 aliphatic heterocycles. The van der Waals surface area contributed by atoms with Crippen molar-refractivity contribution in [3.05, 3.63) is 40.4 Å². The number of aryl methyl sites for hydroxylation is 2. The van der Waals surface area contributed by atoms with Crippen LogP contribution in [0, 0.1) is 13.8 Å². The van der Waals surface area contributed by atoms with Gasteiger partial charge in [-0.1, -0.05) is 6.07 Å². The maximum Gasteiger partial charge on any atom is 0.311 e. The third-order valence-electron chi connectivity index (χ3n) is 3.86. The molecular formula is C18H23N3O5S2. The second-order valence-corrected chi connectivity index (χ2v) is 8.69. The third kappa shape index (κ3) is 6.39. The van der Waals surface area contributed by atoms with Crippen molar-refractivity contribution in [1.29, 1.82) is 0 Å². The number of carbonyl (C=O) groups is 2. The van der Waals surface area contributed by atoms with Gasteiger partial charge in [0.1, 0.15) is 0 Å². The minimum atomic E-state index is -3.68. The van der Waals surface area contributed by atoms with Crippen molar-refractivity contribution >= 4 is 38.4 Å². The van der Waals surface area contributed by atoms with Gasteiger partial charge in [-0.3, -0.25) is 9.59 Å². The van der Waals surface area contributed by atoms with Gasteiger partial charge in [0.05, 0.1) is 23.6 Å². The summed E-state index contributed by atoms with van der Waals surface area (Å²) in [6.45, 7) is 5.72. The molecule has 1 aromatic heterocycles. The second-order valence-electron chi connectivity index (χ2n) is 6.07. The fourth-order valence-electron chi connectivity index (χ4n) is 2.25.